The smallest absolute Gasteiger partial charge is 0.310 e. The van der Waals surface area contributed by atoms with Gasteiger partial charge in [0.15, 0.2) is 0 Å². The largest absolute Gasteiger partial charge is 0.392 e. The van der Waals surface area contributed by atoms with Crippen LogP contribution in [-0.4, -0.2) is 37.8 Å². The number of alkyl halides is 3. The van der Waals surface area contributed by atoms with Crippen LogP contribution in [0.3, 0.4) is 0 Å². The lowest BCUT2D eigenvalue weighted by Crippen LogP contribution is -2.45. The molecule has 1 fully saturated rings. The summed E-state index contributed by atoms with van der Waals surface area (Å²) in [5.74, 6) is -1.75. The first kappa shape index (κ1) is 15.7. The van der Waals surface area contributed by atoms with Crippen LogP contribution in [-0.2, 0) is 4.18 Å². The molecule has 2 unspecified atom stereocenters. The molecule has 0 N–H and O–H groups in total. The molecule has 20 heavy (non-hydrogen) atoms. The molecule has 0 saturated carbocycles. The van der Waals surface area contributed by atoms with E-state index in [0.717, 1.165) is 16.9 Å². The van der Waals surface area contributed by atoms with Gasteiger partial charge in [0.05, 0.1) is 12.5 Å². The van der Waals surface area contributed by atoms with Crippen LogP contribution in [0.5, 0.6) is 0 Å². The molecular formula is C14H18F3NOS. The zero-order chi connectivity index (χ0) is 14.6. The van der Waals surface area contributed by atoms with Gasteiger partial charge in [-0.15, -0.1) is 0 Å². The second-order valence-electron chi connectivity index (χ2n) is 5.14. The molecule has 0 aliphatic carbocycles. The fourth-order valence-corrected chi connectivity index (χ4v) is 3.13. The molecule has 0 amide bonds. The Morgan fingerprint density at radius 1 is 1.30 bits per heavy atom. The summed E-state index contributed by atoms with van der Waals surface area (Å²) in [5.41, 5.74) is 0. The van der Waals surface area contributed by atoms with Crippen LogP contribution in [0.2, 0.25) is 0 Å². The van der Waals surface area contributed by atoms with Crippen molar-refractivity contribution in [2.24, 2.45) is 11.8 Å². The number of rotatable bonds is 4. The topological polar surface area (TPSA) is 12.5 Å². The first-order valence-corrected chi connectivity index (χ1v) is 7.31. The molecule has 0 bridgehead atoms. The van der Waals surface area contributed by atoms with Crippen molar-refractivity contribution >= 4 is 12.0 Å². The maximum atomic E-state index is 13.0. The minimum atomic E-state index is -4.13. The highest BCUT2D eigenvalue weighted by Gasteiger charge is 2.46. The molecule has 2 nitrogen and oxygen atoms in total. The van der Waals surface area contributed by atoms with Gasteiger partial charge >= 0.3 is 6.18 Å². The van der Waals surface area contributed by atoms with Crippen LogP contribution in [0, 0.1) is 11.8 Å². The van der Waals surface area contributed by atoms with Gasteiger partial charge in [-0.2, -0.15) is 13.2 Å². The third kappa shape index (κ3) is 4.40. The Morgan fingerprint density at radius 2 is 2.00 bits per heavy atom. The van der Waals surface area contributed by atoms with Crippen LogP contribution < -0.4 is 0 Å². The third-order valence-electron chi connectivity index (χ3n) is 3.54. The lowest BCUT2D eigenvalue weighted by molar-refractivity contribution is -0.202. The predicted octanol–water partition coefficient (Wildman–Crippen LogP) is 3.84. The minimum Gasteiger partial charge on any atom is -0.310 e. The number of hydrogen-bond donors (Lipinski definition) is 0. The van der Waals surface area contributed by atoms with Crippen molar-refractivity contribution in [3.63, 3.8) is 0 Å². The lowest BCUT2D eigenvalue weighted by atomic mass is 9.86. The van der Waals surface area contributed by atoms with E-state index in [9.17, 15) is 13.2 Å². The summed E-state index contributed by atoms with van der Waals surface area (Å²) in [7, 11) is 1.85. The first-order chi connectivity index (χ1) is 9.47. The normalized spacial score (nSPS) is 24.8. The van der Waals surface area contributed by atoms with Crippen LogP contribution in [0.15, 0.2) is 35.2 Å². The van der Waals surface area contributed by atoms with E-state index in [1.807, 2.05) is 42.3 Å². The molecule has 6 heteroatoms. The van der Waals surface area contributed by atoms with Gasteiger partial charge in [0.25, 0.3) is 0 Å². The molecule has 2 atom stereocenters. The maximum Gasteiger partial charge on any atom is 0.392 e. The van der Waals surface area contributed by atoms with E-state index in [-0.39, 0.29) is 13.0 Å². The number of halogens is 3. The molecule has 0 aromatic heterocycles. The minimum absolute atomic E-state index is 0.119. The molecule has 0 radical (unpaired) electrons. The van der Waals surface area contributed by atoms with Crippen LogP contribution in [0.25, 0.3) is 0 Å². The molecular weight excluding hydrogens is 287 g/mol. The predicted molar refractivity (Wildman–Crippen MR) is 73.4 cm³/mol. The third-order valence-corrected chi connectivity index (χ3v) is 4.26. The van der Waals surface area contributed by atoms with E-state index in [0.29, 0.717) is 13.1 Å². The zero-order valence-electron chi connectivity index (χ0n) is 11.3. The summed E-state index contributed by atoms with van der Waals surface area (Å²) in [6.45, 7) is 1.04. The number of benzene rings is 1. The maximum absolute atomic E-state index is 13.0. The van der Waals surface area contributed by atoms with Crippen LogP contribution in [0.4, 0.5) is 13.2 Å². The molecule has 1 heterocycles. The fourth-order valence-electron chi connectivity index (χ4n) is 2.48. The monoisotopic (exact) mass is 305 g/mol. The molecule has 1 aromatic rings. The van der Waals surface area contributed by atoms with Crippen molar-refractivity contribution in [3.05, 3.63) is 30.3 Å². The fraction of sp³-hybridized carbons (Fsp3) is 0.571. The molecule has 1 aliphatic heterocycles. The van der Waals surface area contributed by atoms with Crippen LogP contribution >= 0.6 is 12.0 Å². The SMILES string of the molecule is CN1CCC(C(F)(F)F)C(COSc2ccccc2)C1. The van der Waals surface area contributed by atoms with Gasteiger partial charge < -0.3 is 9.08 Å². The lowest BCUT2D eigenvalue weighted by Gasteiger charge is -2.37. The summed E-state index contributed by atoms with van der Waals surface area (Å²) < 4.78 is 44.4. The van der Waals surface area contributed by atoms with Gasteiger partial charge in [-0.3, -0.25) is 0 Å². The van der Waals surface area contributed by atoms with Crippen LogP contribution in [0.1, 0.15) is 6.42 Å². The van der Waals surface area contributed by atoms with Gasteiger partial charge in [-0.25, -0.2) is 0 Å². The van der Waals surface area contributed by atoms with Crippen molar-refractivity contribution in [3.8, 4) is 0 Å². The summed E-state index contributed by atoms with van der Waals surface area (Å²) in [6.07, 6.45) is -3.98. The Balaban J connectivity index is 1.88. The van der Waals surface area contributed by atoms with E-state index >= 15 is 0 Å². The van der Waals surface area contributed by atoms with Gasteiger partial charge in [0, 0.05) is 29.4 Å². The number of piperidine rings is 1. The first-order valence-electron chi connectivity index (χ1n) is 6.56. The van der Waals surface area contributed by atoms with Crippen molar-refractivity contribution in [2.75, 3.05) is 26.7 Å². The van der Waals surface area contributed by atoms with E-state index in [1.165, 1.54) is 0 Å². The highest BCUT2D eigenvalue weighted by Crippen LogP contribution is 2.38. The van der Waals surface area contributed by atoms with Crippen molar-refractivity contribution < 1.29 is 17.4 Å². The molecule has 2 rings (SSSR count). The highest BCUT2D eigenvalue weighted by atomic mass is 32.2. The van der Waals surface area contributed by atoms with Crippen molar-refractivity contribution in [1.82, 2.24) is 4.90 Å². The Morgan fingerprint density at radius 3 is 2.65 bits per heavy atom. The second kappa shape index (κ2) is 6.83. The molecule has 112 valence electrons. The number of likely N-dealkylation sites (tertiary alicyclic amines) is 1. The van der Waals surface area contributed by atoms with Crippen molar-refractivity contribution in [2.45, 2.75) is 17.5 Å². The standard InChI is InChI=1S/C14H18F3NOS/c1-18-8-7-13(14(15,16)17)11(9-18)10-19-20-12-5-3-2-4-6-12/h2-6,11,13H,7-10H2,1H3. The number of nitrogens with zero attached hydrogens (tertiary/aromatic N) is 1. The summed E-state index contributed by atoms with van der Waals surface area (Å²) in [5, 5.41) is 0. The van der Waals surface area contributed by atoms with E-state index in [4.69, 9.17) is 4.18 Å². The summed E-state index contributed by atoms with van der Waals surface area (Å²) in [4.78, 5) is 2.84. The summed E-state index contributed by atoms with van der Waals surface area (Å²) in [6, 6.07) is 9.38. The average molecular weight is 305 g/mol. The van der Waals surface area contributed by atoms with E-state index < -0.39 is 18.0 Å². The van der Waals surface area contributed by atoms with Gasteiger partial charge in [-0.05, 0) is 32.1 Å². The molecule has 1 saturated heterocycles. The Kier molecular flexibility index (Phi) is 5.35. The zero-order valence-corrected chi connectivity index (χ0v) is 12.1. The molecule has 0 spiro atoms. The van der Waals surface area contributed by atoms with Gasteiger partial charge in [0.2, 0.25) is 0 Å². The van der Waals surface area contributed by atoms with Crippen molar-refractivity contribution in [1.29, 1.82) is 0 Å². The Bertz CT molecular complexity index is 413. The molecule has 1 aliphatic rings. The highest BCUT2D eigenvalue weighted by molar-refractivity contribution is 7.94. The number of hydrogen-bond acceptors (Lipinski definition) is 3. The van der Waals surface area contributed by atoms with E-state index in [2.05, 4.69) is 0 Å². The average Bonchev–Trinajstić information content (AvgIpc) is 2.38. The van der Waals surface area contributed by atoms with Gasteiger partial charge in [0.1, 0.15) is 0 Å². The summed E-state index contributed by atoms with van der Waals surface area (Å²) >= 11 is 1.14. The Labute approximate surface area is 121 Å². The Hall–Kier alpha value is -0.720. The van der Waals surface area contributed by atoms with Gasteiger partial charge in [-0.1, -0.05) is 18.2 Å². The quantitative estimate of drug-likeness (QED) is 0.784. The second-order valence-corrected chi connectivity index (χ2v) is 6.01. The van der Waals surface area contributed by atoms with E-state index in [1.54, 1.807) is 0 Å². The molecule has 1 aromatic carbocycles.